The lowest BCUT2D eigenvalue weighted by Crippen LogP contribution is -2.11. The molecular formula is C20H34N2O. The molecule has 0 aliphatic carbocycles. The first-order valence-corrected chi connectivity index (χ1v) is 9.35. The first-order valence-electron chi connectivity index (χ1n) is 9.35. The van der Waals surface area contributed by atoms with Gasteiger partial charge < -0.3 is 11.1 Å². The number of benzene rings is 1. The fourth-order valence-electron chi connectivity index (χ4n) is 2.72. The van der Waals surface area contributed by atoms with Gasteiger partial charge in [0.1, 0.15) is 0 Å². The maximum absolute atomic E-state index is 11.9. The van der Waals surface area contributed by atoms with Crippen molar-refractivity contribution in [2.75, 3.05) is 5.32 Å². The van der Waals surface area contributed by atoms with Gasteiger partial charge >= 0.3 is 0 Å². The number of anilines is 1. The summed E-state index contributed by atoms with van der Waals surface area (Å²) in [5, 5.41) is 2.94. The molecule has 3 N–H and O–H groups in total. The van der Waals surface area contributed by atoms with E-state index >= 15 is 0 Å². The van der Waals surface area contributed by atoms with Crippen LogP contribution >= 0.6 is 0 Å². The Morgan fingerprint density at radius 1 is 0.870 bits per heavy atom. The maximum atomic E-state index is 11.9. The van der Waals surface area contributed by atoms with Crippen LogP contribution in [0, 0.1) is 0 Å². The number of nitrogens with one attached hydrogen (secondary N) is 1. The van der Waals surface area contributed by atoms with E-state index in [2.05, 4.69) is 12.2 Å². The number of carbonyl (C=O) groups is 1. The topological polar surface area (TPSA) is 55.1 Å². The van der Waals surface area contributed by atoms with E-state index in [1.165, 1.54) is 51.4 Å². The molecule has 0 spiro atoms. The van der Waals surface area contributed by atoms with E-state index in [1.54, 1.807) is 0 Å². The zero-order valence-corrected chi connectivity index (χ0v) is 14.8. The van der Waals surface area contributed by atoms with Crippen LogP contribution in [0.15, 0.2) is 24.3 Å². The molecule has 0 heterocycles. The van der Waals surface area contributed by atoms with Crippen LogP contribution in [0.4, 0.5) is 5.69 Å². The number of nitrogens with two attached hydrogens (primary N) is 1. The third kappa shape index (κ3) is 10.1. The van der Waals surface area contributed by atoms with Crippen molar-refractivity contribution < 1.29 is 4.79 Å². The monoisotopic (exact) mass is 318 g/mol. The normalized spacial score (nSPS) is 10.7. The van der Waals surface area contributed by atoms with Crippen molar-refractivity contribution >= 4 is 11.6 Å². The summed E-state index contributed by atoms with van der Waals surface area (Å²) in [7, 11) is 0. The minimum Gasteiger partial charge on any atom is -0.326 e. The van der Waals surface area contributed by atoms with Gasteiger partial charge in [0.2, 0.25) is 5.91 Å². The lowest BCUT2D eigenvalue weighted by Gasteiger charge is -2.06. The fraction of sp³-hybridized carbons (Fsp3) is 0.650. The molecule has 0 aliphatic heterocycles. The molecule has 23 heavy (non-hydrogen) atoms. The molecule has 1 rings (SSSR count). The molecule has 0 radical (unpaired) electrons. The van der Waals surface area contributed by atoms with Crippen LogP contribution in [0.1, 0.15) is 83.1 Å². The van der Waals surface area contributed by atoms with Gasteiger partial charge in [-0.3, -0.25) is 4.79 Å². The number of rotatable bonds is 13. The molecule has 0 aliphatic rings. The summed E-state index contributed by atoms with van der Waals surface area (Å²) in [5.41, 5.74) is 7.50. The quantitative estimate of drug-likeness (QED) is 0.479. The highest BCUT2D eigenvalue weighted by Crippen LogP contribution is 2.13. The third-order valence-electron chi connectivity index (χ3n) is 4.23. The predicted octanol–water partition coefficient (Wildman–Crippen LogP) is 5.39. The highest BCUT2D eigenvalue weighted by atomic mass is 16.1. The number of carbonyl (C=O) groups excluding carboxylic acids is 1. The summed E-state index contributed by atoms with van der Waals surface area (Å²) >= 11 is 0. The Morgan fingerprint density at radius 2 is 1.39 bits per heavy atom. The van der Waals surface area contributed by atoms with Gasteiger partial charge in [-0.1, -0.05) is 76.8 Å². The van der Waals surface area contributed by atoms with Crippen molar-refractivity contribution in [3.63, 3.8) is 0 Å². The average molecular weight is 319 g/mol. The van der Waals surface area contributed by atoms with Gasteiger partial charge in [0.05, 0.1) is 0 Å². The van der Waals surface area contributed by atoms with Crippen LogP contribution in [-0.2, 0) is 11.3 Å². The molecule has 3 heteroatoms. The van der Waals surface area contributed by atoms with Crippen molar-refractivity contribution in [3.8, 4) is 0 Å². The van der Waals surface area contributed by atoms with Crippen LogP contribution in [0.25, 0.3) is 0 Å². The van der Waals surface area contributed by atoms with Crippen molar-refractivity contribution in [1.29, 1.82) is 0 Å². The van der Waals surface area contributed by atoms with Crippen LogP contribution < -0.4 is 11.1 Å². The van der Waals surface area contributed by atoms with Gasteiger partial charge in [-0.2, -0.15) is 0 Å². The van der Waals surface area contributed by atoms with Crippen LogP contribution in [0.5, 0.6) is 0 Å². The minimum absolute atomic E-state index is 0.116. The van der Waals surface area contributed by atoms with E-state index in [4.69, 9.17) is 5.73 Å². The number of hydrogen-bond acceptors (Lipinski definition) is 2. The highest BCUT2D eigenvalue weighted by Gasteiger charge is 2.02. The van der Waals surface area contributed by atoms with Crippen molar-refractivity contribution in [2.45, 2.75) is 84.1 Å². The Hall–Kier alpha value is -1.35. The summed E-state index contributed by atoms with van der Waals surface area (Å²) in [6.45, 7) is 2.79. The molecule has 0 unspecified atom stereocenters. The molecule has 0 saturated carbocycles. The average Bonchev–Trinajstić information content (AvgIpc) is 2.57. The first kappa shape index (κ1) is 19.7. The van der Waals surface area contributed by atoms with E-state index < -0.39 is 0 Å². The molecule has 0 atom stereocenters. The van der Waals surface area contributed by atoms with Gasteiger partial charge in [-0.25, -0.2) is 0 Å². The number of hydrogen-bond donors (Lipinski definition) is 2. The van der Waals surface area contributed by atoms with Gasteiger partial charge in [0.25, 0.3) is 0 Å². The van der Waals surface area contributed by atoms with Gasteiger partial charge in [0, 0.05) is 18.7 Å². The Kier molecular flexibility index (Phi) is 11.2. The van der Waals surface area contributed by atoms with Crippen molar-refractivity contribution in [3.05, 3.63) is 29.8 Å². The second-order valence-corrected chi connectivity index (χ2v) is 6.38. The third-order valence-corrected chi connectivity index (χ3v) is 4.23. The number of unbranched alkanes of at least 4 members (excludes halogenated alkanes) is 9. The molecular weight excluding hydrogens is 284 g/mol. The van der Waals surface area contributed by atoms with Gasteiger partial charge in [-0.05, 0) is 24.1 Å². The van der Waals surface area contributed by atoms with Gasteiger partial charge in [-0.15, -0.1) is 0 Å². The summed E-state index contributed by atoms with van der Waals surface area (Å²) in [4.78, 5) is 11.9. The van der Waals surface area contributed by atoms with Crippen molar-refractivity contribution in [1.82, 2.24) is 0 Å². The lowest BCUT2D eigenvalue weighted by atomic mass is 10.1. The zero-order valence-electron chi connectivity index (χ0n) is 14.8. The summed E-state index contributed by atoms with van der Waals surface area (Å²) in [5.74, 6) is 0.116. The standard InChI is InChI=1S/C20H34N2O/c1-2-3-4-5-6-7-8-9-10-11-12-20(23)22-19-15-13-18(17-21)14-16-19/h13-16H,2-12,17,21H2,1H3,(H,22,23). The van der Waals surface area contributed by atoms with E-state index in [0.717, 1.165) is 24.1 Å². The largest absolute Gasteiger partial charge is 0.326 e. The molecule has 3 nitrogen and oxygen atoms in total. The van der Waals surface area contributed by atoms with E-state index in [9.17, 15) is 4.79 Å². The van der Waals surface area contributed by atoms with Gasteiger partial charge in [0.15, 0.2) is 0 Å². The Morgan fingerprint density at radius 3 is 1.91 bits per heavy atom. The predicted molar refractivity (Wildman–Crippen MR) is 99.4 cm³/mol. The maximum Gasteiger partial charge on any atom is 0.224 e. The fourth-order valence-corrected chi connectivity index (χ4v) is 2.72. The molecule has 1 aromatic rings. The lowest BCUT2D eigenvalue weighted by molar-refractivity contribution is -0.116. The second kappa shape index (κ2) is 13.1. The second-order valence-electron chi connectivity index (χ2n) is 6.38. The van der Waals surface area contributed by atoms with Crippen LogP contribution in [-0.4, -0.2) is 5.91 Å². The van der Waals surface area contributed by atoms with E-state index in [0.29, 0.717) is 13.0 Å². The molecule has 1 aromatic carbocycles. The Bertz CT molecular complexity index is 414. The van der Waals surface area contributed by atoms with Crippen LogP contribution in [0.2, 0.25) is 0 Å². The SMILES string of the molecule is CCCCCCCCCCCCC(=O)Nc1ccc(CN)cc1. The molecule has 0 aromatic heterocycles. The summed E-state index contributed by atoms with van der Waals surface area (Å²) in [6.07, 6.45) is 13.5. The molecule has 0 fully saturated rings. The smallest absolute Gasteiger partial charge is 0.224 e. The molecule has 1 amide bonds. The Balaban J connectivity index is 1.97. The molecule has 0 saturated heterocycles. The molecule has 0 bridgehead atoms. The highest BCUT2D eigenvalue weighted by molar-refractivity contribution is 5.90. The Labute approximate surface area is 142 Å². The van der Waals surface area contributed by atoms with E-state index in [1.807, 2.05) is 24.3 Å². The molecule has 130 valence electrons. The summed E-state index contributed by atoms with van der Waals surface area (Å²) in [6, 6.07) is 7.74. The number of amides is 1. The van der Waals surface area contributed by atoms with Crippen molar-refractivity contribution in [2.24, 2.45) is 5.73 Å². The van der Waals surface area contributed by atoms with E-state index in [-0.39, 0.29) is 5.91 Å². The minimum atomic E-state index is 0.116. The summed E-state index contributed by atoms with van der Waals surface area (Å²) < 4.78 is 0. The van der Waals surface area contributed by atoms with Crippen LogP contribution in [0.3, 0.4) is 0 Å². The first-order chi connectivity index (χ1) is 11.3. The zero-order chi connectivity index (χ0) is 16.8.